The lowest BCUT2D eigenvalue weighted by Crippen LogP contribution is -2.39. The summed E-state index contributed by atoms with van der Waals surface area (Å²) in [6.07, 6.45) is 0.944. The van der Waals surface area contributed by atoms with Gasteiger partial charge in [0.15, 0.2) is 0 Å². The van der Waals surface area contributed by atoms with Gasteiger partial charge in [0, 0.05) is 24.1 Å². The minimum atomic E-state index is -0.503. The maximum Gasteiger partial charge on any atom is 0.129 e. The van der Waals surface area contributed by atoms with Crippen LogP contribution in [0.5, 0.6) is 0 Å². The average Bonchev–Trinajstić information content (AvgIpc) is 2.93. The molecule has 0 bridgehead atoms. The first-order valence-electron chi connectivity index (χ1n) is 7.58. The second kappa shape index (κ2) is 8.93. The van der Waals surface area contributed by atoms with E-state index in [1.165, 1.54) is 6.07 Å². The zero-order chi connectivity index (χ0) is 16.6. The van der Waals surface area contributed by atoms with Gasteiger partial charge < -0.3 is 0 Å². The number of hydrogen-bond acceptors (Lipinski definition) is 1. The first-order chi connectivity index (χ1) is 9.88. The average molecular weight is 297 g/mol. The molecule has 1 atom stereocenters. The number of benzene rings is 1. The highest BCUT2D eigenvalue weighted by Gasteiger charge is 2.32. The van der Waals surface area contributed by atoms with Crippen LogP contribution in [0, 0.1) is 11.6 Å². The zero-order valence-electron chi connectivity index (χ0n) is 14.0. The first-order valence-corrected chi connectivity index (χ1v) is 7.58. The lowest BCUT2D eigenvalue weighted by molar-refractivity contribution is 0.172. The quantitative estimate of drug-likeness (QED) is 0.629. The van der Waals surface area contributed by atoms with Crippen molar-refractivity contribution in [3.8, 4) is 0 Å². The van der Waals surface area contributed by atoms with Gasteiger partial charge in [-0.25, -0.2) is 8.78 Å². The molecule has 0 spiro atoms. The van der Waals surface area contributed by atoms with Crippen LogP contribution >= 0.6 is 0 Å². The molecule has 0 aromatic heterocycles. The number of nitrogens with zero attached hydrogens (tertiary/aromatic N) is 1. The summed E-state index contributed by atoms with van der Waals surface area (Å²) in [6, 6.07) is 3.91. The predicted molar refractivity (Wildman–Crippen MR) is 87.6 cm³/mol. The Bertz CT molecular complexity index is 424. The van der Waals surface area contributed by atoms with Gasteiger partial charge in [-0.15, -0.1) is 13.2 Å². The van der Waals surface area contributed by atoms with E-state index in [1.807, 2.05) is 13.8 Å². The molecule has 1 aliphatic heterocycles. The molecule has 1 aromatic carbocycles. The summed E-state index contributed by atoms with van der Waals surface area (Å²) in [5.74, 6) is -0.725. The molecule has 1 unspecified atom stereocenters. The molecular weight excluding hydrogens is 268 g/mol. The number of likely N-dealkylation sites (tertiary alicyclic amines) is 1. The third kappa shape index (κ3) is 5.58. The SMILES string of the molecule is C=C.CC.CC(C)(C)N1CCC(c2ccc(F)cc2F)C1. The molecule has 3 heteroatoms. The van der Waals surface area contributed by atoms with E-state index in [-0.39, 0.29) is 11.5 Å². The largest absolute Gasteiger partial charge is 0.298 e. The number of halogens is 2. The van der Waals surface area contributed by atoms with E-state index in [1.54, 1.807) is 6.07 Å². The van der Waals surface area contributed by atoms with Gasteiger partial charge in [0.05, 0.1) is 0 Å². The summed E-state index contributed by atoms with van der Waals surface area (Å²) in [5.41, 5.74) is 0.767. The molecule has 1 aliphatic rings. The molecule has 2 rings (SSSR count). The van der Waals surface area contributed by atoms with Crippen molar-refractivity contribution in [1.82, 2.24) is 4.90 Å². The smallest absolute Gasteiger partial charge is 0.129 e. The Balaban J connectivity index is 0.000000921. The van der Waals surface area contributed by atoms with E-state index in [9.17, 15) is 8.78 Å². The van der Waals surface area contributed by atoms with E-state index in [4.69, 9.17) is 0 Å². The number of rotatable bonds is 1. The van der Waals surface area contributed by atoms with Crippen LogP contribution in [0.15, 0.2) is 31.4 Å². The monoisotopic (exact) mass is 297 g/mol. The third-order valence-corrected chi connectivity index (χ3v) is 3.54. The standard InChI is InChI=1S/C14H19F2N.C2H6.C2H4/c1-14(2,3)17-7-6-10(9-17)12-5-4-11(15)8-13(12)16;2*1-2/h4-5,8,10H,6-7,9H2,1-3H3;1-2H3;1-2H2. The Morgan fingerprint density at radius 1 is 1.14 bits per heavy atom. The Kier molecular flexibility index (Phi) is 8.41. The van der Waals surface area contributed by atoms with E-state index in [2.05, 4.69) is 38.8 Å². The van der Waals surface area contributed by atoms with Gasteiger partial charge in [-0.3, -0.25) is 4.90 Å². The van der Waals surface area contributed by atoms with E-state index < -0.39 is 11.6 Å². The molecule has 1 nitrogen and oxygen atoms in total. The van der Waals surface area contributed by atoms with E-state index >= 15 is 0 Å². The topological polar surface area (TPSA) is 3.24 Å². The first kappa shape index (κ1) is 19.8. The molecule has 0 amide bonds. The van der Waals surface area contributed by atoms with Gasteiger partial charge in [-0.2, -0.15) is 0 Å². The predicted octanol–water partition coefficient (Wildman–Crippen LogP) is 5.38. The van der Waals surface area contributed by atoms with Crippen molar-refractivity contribution in [1.29, 1.82) is 0 Å². The van der Waals surface area contributed by atoms with Crippen molar-refractivity contribution in [3.63, 3.8) is 0 Å². The fourth-order valence-corrected chi connectivity index (χ4v) is 2.46. The normalized spacial score (nSPS) is 18.3. The van der Waals surface area contributed by atoms with E-state index in [0.717, 1.165) is 25.6 Å². The van der Waals surface area contributed by atoms with Crippen LogP contribution in [0.3, 0.4) is 0 Å². The van der Waals surface area contributed by atoms with Crippen LogP contribution in [0.1, 0.15) is 52.5 Å². The molecule has 1 saturated heterocycles. The molecule has 0 saturated carbocycles. The molecule has 21 heavy (non-hydrogen) atoms. The van der Waals surface area contributed by atoms with Gasteiger partial charge in [0.2, 0.25) is 0 Å². The van der Waals surface area contributed by atoms with Crippen molar-refractivity contribution in [2.75, 3.05) is 13.1 Å². The van der Waals surface area contributed by atoms with Crippen molar-refractivity contribution in [3.05, 3.63) is 48.6 Å². The summed E-state index contributed by atoms with van der Waals surface area (Å²) >= 11 is 0. The van der Waals surface area contributed by atoms with Gasteiger partial charge in [0.25, 0.3) is 0 Å². The van der Waals surface area contributed by atoms with Crippen LogP contribution in [-0.2, 0) is 0 Å². The van der Waals surface area contributed by atoms with Crippen LogP contribution < -0.4 is 0 Å². The molecule has 0 N–H and O–H groups in total. The Morgan fingerprint density at radius 3 is 2.14 bits per heavy atom. The van der Waals surface area contributed by atoms with Gasteiger partial charge in [-0.1, -0.05) is 19.9 Å². The van der Waals surface area contributed by atoms with Crippen molar-refractivity contribution in [2.45, 2.75) is 52.5 Å². The highest BCUT2D eigenvalue weighted by Crippen LogP contribution is 2.32. The summed E-state index contributed by atoms with van der Waals surface area (Å²) in [7, 11) is 0. The summed E-state index contributed by atoms with van der Waals surface area (Å²) in [6.45, 7) is 18.3. The minimum absolute atomic E-state index is 0.116. The third-order valence-electron chi connectivity index (χ3n) is 3.54. The zero-order valence-corrected chi connectivity index (χ0v) is 14.0. The van der Waals surface area contributed by atoms with Crippen LogP contribution in [0.25, 0.3) is 0 Å². The van der Waals surface area contributed by atoms with Gasteiger partial charge in [0.1, 0.15) is 11.6 Å². The Hall–Kier alpha value is -1.22. The maximum absolute atomic E-state index is 13.7. The van der Waals surface area contributed by atoms with Crippen LogP contribution in [0.2, 0.25) is 0 Å². The Morgan fingerprint density at radius 2 is 1.71 bits per heavy atom. The van der Waals surface area contributed by atoms with Crippen LogP contribution in [0.4, 0.5) is 8.78 Å². The highest BCUT2D eigenvalue weighted by atomic mass is 19.1. The second-order valence-corrected chi connectivity index (χ2v) is 5.77. The van der Waals surface area contributed by atoms with E-state index in [0.29, 0.717) is 5.56 Å². The molecule has 120 valence electrons. The highest BCUT2D eigenvalue weighted by molar-refractivity contribution is 5.24. The molecule has 1 aromatic rings. The van der Waals surface area contributed by atoms with Crippen LogP contribution in [-0.4, -0.2) is 23.5 Å². The summed E-state index contributed by atoms with van der Waals surface area (Å²) in [5, 5.41) is 0. The fraction of sp³-hybridized carbons (Fsp3) is 0.556. The van der Waals surface area contributed by atoms with Gasteiger partial charge in [-0.05, 0) is 45.4 Å². The van der Waals surface area contributed by atoms with Crippen molar-refractivity contribution < 1.29 is 8.78 Å². The maximum atomic E-state index is 13.7. The lowest BCUT2D eigenvalue weighted by atomic mass is 9.97. The molecule has 1 heterocycles. The minimum Gasteiger partial charge on any atom is -0.298 e. The number of hydrogen-bond donors (Lipinski definition) is 0. The van der Waals surface area contributed by atoms with Crippen molar-refractivity contribution in [2.24, 2.45) is 0 Å². The fourth-order valence-electron chi connectivity index (χ4n) is 2.46. The lowest BCUT2D eigenvalue weighted by Gasteiger charge is -2.31. The Labute approximate surface area is 128 Å². The molecule has 0 radical (unpaired) electrons. The van der Waals surface area contributed by atoms with Gasteiger partial charge >= 0.3 is 0 Å². The molecule has 1 fully saturated rings. The van der Waals surface area contributed by atoms with Crippen molar-refractivity contribution >= 4 is 0 Å². The summed E-state index contributed by atoms with van der Waals surface area (Å²) < 4.78 is 26.5. The second-order valence-electron chi connectivity index (χ2n) is 5.77. The molecule has 0 aliphatic carbocycles. The summed E-state index contributed by atoms with van der Waals surface area (Å²) in [4.78, 5) is 2.35. The molecular formula is C18H29F2N.